The summed E-state index contributed by atoms with van der Waals surface area (Å²) in [5, 5.41) is 12.2. The molecule has 10 nitrogen and oxygen atoms in total. The van der Waals surface area contributed by atoms with Crippen molar-refractivity contribution in [2.45, 2.75) is 33.2 Å². The Hall–Kier alpha value is -3.95. The molecule has 1 amide bonds. The Labute approximate surface area is 190 Å². The molecule has 0 radical (unpaired) electrons. The van der Waals surface area contributed by atoms with Gasteiger partial charge in [-0.2, -0.15) is 0 Å². The Kier molecular flexibility index (Phi) is 6.25. The Balaban J connectivity index is 1.57. The zero-order valence-corrected chi connectivity index (χ0v) is 18.6. The van der Waals surface area contributed by atoms with Crippen LogP contribution in [0.4, 0.5) is 17.3 Å². The van der Waals surface area contributed by atoms with Crippen molar-refractivity contribution >= 4 is 34.1 Å². The normalized spacial score (nSPS) is 15.9. The standard InChI is InChI=1S/C23H26N6O4/c1-3-28-22(31)17-8-4-5-9-18(17)24-23(28)26-25-21(30)16-10-11-19(20(13-16)29(32)33)27-12-6-7-15(2)14-27/h4-5,8-11,13,15H,3,6-7,12,14H2,1-2H3,(H,24,26)(H,25,30)/t15-/m0/s1. The molecule has 33 heavy (non-hydrogen) atoms. The number of para-hydroxylation sites is 1. The van der Waals surface area contributed by atoms with Gasteiger partial charge in [0, 0.05) is 31.3 Å². The van der Waals surface area contributed by atoms with Crippen LogP contribution in [-0.4, -0.2) is 33.5 Å². The molecule has 0 bridgehead atoms. The maximum atomic E-state index is 12.8. The van der Waals surface area contributed by atoms with E-state index in [4.69, 9.17) is 0 Å². The third kappa shape index (κ3) is 4.50. The third-order valence-corrected chi connectivity index (χ3v) is 5.90. The molecule has 1 aliphatic heterocycles. The van der Waals surface area contributed by atoms with Crippen molar-refractivity contribution in [2.75, 3.05) is 23.4 Å². The van der Waals surface area contributed by atoms with Crippen LogP contribution in [0, 0.1) is 16.0 Å². The second-order valence-electron chi connectivity index (χ2n) is 8.24. The number of nitrogens with zero attached hydrogens (tertiary/aromatic N) is 4. The van der Waals surface area contributed by atoms with Gasteiger partial charge in [-0.3, -0.25) is 35.1 Å². The molecule has 3 aromatic rings. The number of nitro benzene ring substituents is 1. The van der Waals surface area contributed by atoms with Crippen LogP contribution in [0.25, 0.3) is 10.9 Å². The predicted octanol–water partition coefficient (Wildman–Crippen LogP) is 3.32. The number of aromatic nitrogens is 2. The summed E-state index contributed by atoms with van der Waals surface area (Å²) in [6.07, 6.45) is 2.07. The van der Waals surface area contributed by atoms with Crippen molar-refractivity contribution < 1.29 is 9.72 Å². The first kappa shape index (κ1) is 22.3. The fraction of sp³-hybridized carbons (Fsp3) is 0.348. The zero-order valence-electron chi connectivity index (χ0n) is 18.6. The minimum atomic E-state index is -0.568. The summed E-state index contributed by atoms with van der Waals surface area (Å²) in [6.45, 7) is 5.77. The van der Waals surface area contributed by atoms with Gasteiger partial charge < -0.3 is 4.90 Å². The van der Waals surface area contributed by atoms with Crippen molar-refractivity contribution in [3.8, 4) is 0 Å². The Bertz CT molecular complexity index is 1270. The second-order valence-corrected chi connectivity index (χ2v) is 8.24. The largest absolute Gasteiger partial charge is 0.366 e. The molecule has 0 spiro atoms. The Morgan fingerprint density at radius 3 is 2.79 bits per heavy atom. The fourth-order valence-corrected chi connectivity index (χ4v) is 4.23. The highest BCUT2D eigenvalue weighted by atomic mass is 16.6. The van der Waals surface area contributed by atoms with Crippen molar-refractivity contribution in [2.24, 2.45) is 5.92 Å². The van der Waals surface area contributed by atoms with Gasteiger partial charge >= 0.3 is 0 Å². The lowest BCUT2D eigenvalue weighted by Crippen LogP contribution is -2.35. The number of hydrogen-bond donors (Lipinski definition) is 2. The van der Waals surface area contributed by atoms with E-state index in [1.165, 1.54) is 10.6 Å². The molecule has 4 rings (SSSR count). The summed E-state index contributed by atoms with van der Waals surface area (Å²) >= 11 is 0. The van der Waals surface area contributed by atoms with Crippen LogP contribution in [0.5, 0.6) is 0 Å². The molecule has 0 aliphatic carbocycles. The number of fused-ring (bicyclic) bond motifs is 1. The van der Waals surface area contributed by atoms with Gasteiger partial charge in [0.15, 0.2) is 0 Å². The maximum Gasteiger partial charge on any atom is 0.293 e. The number of hydrazine groups is 1. The first-order valence-electron chi connectivity index (χ1n) is 11.0. The average Bonchev–Trinajstić information content (AvgIpc) is 2.82. The van der Waals surface area contributed by atoms with Crippen LogP contribution in [0.15, 0.2) is 47.3 Å². The predicted molar refractivity (Wildman–Crippen MR) is 126 cm³/mol. The average molecular weight is 450 g/mol. The molecule has 2 heterocycles. The molecule has 1 aliphatic rings. The molecular formula is C23H26N6O4. The molecular weight excluding hydrogens is 424 g/mol. The van der Waals surface area contributed by atoms with E-state index in [1.807, 2.05) is 4.90 Å². The highest BCUT2D eigenvalue weighted by Crippen LogP contribution is 2.32. The summed E-state index contributed by atoms with van der Waals surface area (Å²) in [5.74, 6) is 0.0702. The van der Waals surface area contributed by atoms with Crippen molar-refractivity contribution in [3.63, 3.8) is 0 Å². The molecule has 10 heteroatoms. The minimum Gasteiger partial charge on any atom is -0.366 e. The molecule has 172 valence electrons. The summed E-state index contributed by atoms with van der Waals surface area (Å²) in [4.78, 5) is 43.2. The molecule has 2 aromatic carbocycles. The van der Waals surface area contributed by atoms with E-state index < -0.39 is 10.8 Å². The summed E-state index contributed by atoms with van der Waals surface area (Å²) in [7, 11) is 0. The SMILES string of the molecule is CCn1c(NNC(=O)c2ccc(N3CCC[C@H](C)C3)c([N+](=O)[O-])c2)nc2ccccc2c1=O. The first-order valence-corrected chi connectivity index (χ1v) is 11.0. The number of amides is 1. The van der Waals surface area contributed by atoms with E-state index in [1.54, 1.807) is 43.3 Å². The highest BCUT2D eigenvalue weighted by molar-refractivity contribution is 5.96. The van der Waals surface area contributed by atoms with Crippen LogP contribution in [0.3, 0.4) is 0 Å². The topological polar surface area (TPSA) is 122 Å². The van der Waals surface area contributed by atoms with Gasteiger partial charge in [-0.25, -0.2) is 4.98 Å². The van der Waals surface area contributed by atoms with Crippen molar-refractivity contribution in [1.82, 2.24) is 15.0 Å². The lowest BCUT2D eigenvalue weighted by Gasteiger charge is -2.32. The van der Waals surface area contributed by atoms with Gasteiger partial charge in [0.2, 0.25) is 5.95 Å². The molecule has 0 unspecified atom stereocenters. The van der Waals surface area contributed by atoms with Crippen LogP contribution in [0.1, 0.15) is 37.0 Å². The quantitative estimate of drug-likeness (QED) is 0.436. The number of anilines is 2. The molecule has 1 aromatic heterocycles. The van der Waals surface area contributed by atoms with E-state index >= 15 is 0 Å². The van der Waals surface area contributed by atoms with Gasteiger partial charge in [0.1, 0.15) is 5.69 Å². The minimum absolute atomic E-state index is 0.106. The van der Waals surface area contributed by atoms with E-state index in [0.29, 0.717) is 29.1 Å². The number of nitro groups is 1. The molecule has 1 saturated heterocycles. The lowest BCUT2D eigenvalue weighted by atomic mass is 9.99. The summed E-state index contributed by atoms with van der Waals surface area (Å²) in [6, 6.07) is 11.4. The van der Waals surface area contributed by atoms with E-state index in [2.05, 4.69) is 22.8 Å². The molecule has 2 N–H and O–H groups in total. The zero-order chi connectivity index (χ0) is 23.5. The number of piperidine rings is 1. The monoisotopic (exact) mass is 450 g/mol. The van der Waals surface area contributed by atoms with Crippen molar-refractivity contribution in [1.29, 1.82) is 0 Å². The third-order valence-electron chi connectivity index (χ3n) is 5.90. The van der Waals surface area contributed by atoms with Crippen LogP contribution in [-0.2, 0) is 6.54 Å². The number of benzene rings is 2. The van der Waals surface area contributed by atoms with Gasteiger partial charge in [-0.05, 0) is 49.9 Å². The highest BCUT2D eigenvalue weighted by Gasteiger charge is 2.25. The number of carbonyl (C=O) groups is 1. The molecule has 1 atom stereocenters. The number of carbonyl (C=O) groups excluding carboxylic acids is 1. The van der Waals surface area contributed by atoms with E-state index in [-0.39, 0.29) is 22.8 Å². The molecule has 1 fully saturated rings. The van der Waals surface area contributed by atoms with E-state index in [9.17, 15) is 19.7 Å². The first-order chi connectivity index (χ1) is 15.9. The van der Waals surface area contributed by atoms with Crippen LogP contribution in [0.2, 0.25) is 0 Å². The van der Waals surface area contributed by atoms with Crippen LogP contribution >= 0.6 is 0 Å². The van der Waals surface area contributed by atoms with E-state index in [0.717, 1.165) is 25.9 Å². The Morgan fingerprint density at radius 2 is 2.06 bits per heavy atom. The lowest BCUT2D eigenvalue weighted by molar-refractivity contribution is -0.384. The van der Waals surface area contributed by atoms with Gasteiger partial charge in [-0.15, -0.1) is 0 Å². The summed E-state index contributed by atoms with van der Waals surface area (Å²) < 4.78 is 1.41. The fourth-order valence-electron chi connectivity index (χ4n) is 4.23. The molecule has 0 saturated carbocycles. The smallest absolute Gasteiger partial charge is 0.293 e. The number of nitrogens with one attached hydrogen (secondary N) is 2. The van der Waals surface area contributed by atoms with Gasteiger partial charge in [0.25, 0.3) is 17.2 Å². The van der Waals surface area contributed by atoms with Crippen molar-refractivity contribution in [3.05, 3.63) is 68.5 Å². The van der Waals surface area contributed by atoms with Gasteiger partial charge in [0.05, 0.1) is 15.8 Å². The summed E-state index contributed by atoms with van der Waals surface area (Å²) in [5.41, 5.74) is 6.03. The van der Waals surface area contributed by atoms with Crippen LogP contribution < -0.4 is 21.3 Å². The Morgan fingerprint density at radius 1 is 1.27 bits per heavy atom. The maximum absolute atomic E-state index is 12.8. The number of rotatable bonds is 6. The second kappa shape index (κ2) is 9.27. The van der Waals surface area contributed by atoms with Gasteiger partial charge in [-0.1, -0.05) is 19.1 Å². The number of hydrogen-bond acceptors (Lipinski definition) is 7.